The smallest absolute Gasteiger partial charge is 0.274 e. The number of nitrogens with zero attached hydrogens (tertiary/aromatic N) is 2. The highest BCUT2D eigenvalue weighted by Crippen LogP contribution is 2.21. The lowest BCUT2D eigenvalue weighted by Crippen LogP contribution is -2.13. The number of rotatable bonds is 6. The maximum absolute atomic E-state index is 12.5. The van der Waals surface area contributed by atoms with Crippen LogP contribution in [0.3, 0.4) is 0 Å². The molecule has 1 amide bonds. The molecule has 0 saturated heterocycles. The summed E-state index contributed by atoms with van der Waals surface area (Å²) in [6.45, 7) is 0. The Balaban J connectivity index is 1.69. The van der Waals surface area contributed by atoms with Gasteiger partial charge in [0.15, 0.2) is 0 Å². The van der Waals surface area contributed by atoms with Gasteiger partial charge < -0.3 is 20.3 Å². The van der Waals surface area contributed by atoms with E-state index in [4.69, 9.17) is 4.74 Å². The molecule has 1 heterocycles. The molecule has 2 N–H and O–H groups in total. The number of carbonyl (C=O) groups is 1. The normalized spacial score (nSPS) is 10.2. The Kier molecular flexibility index (Phi) is 5.56. The van der Waals surface area contributed by atoms with Gasteiger partial charge in [0, 0.05) is 43.0 Å². The third kappa shape index (κ3) is 4.76. The van der Waals surface area contributed by atoms with Crippen molar-refractivity contribution in [3.63, 3.8) is 0 Å². The molecule has 1 aromatic heterocycles. The second-order valence-electron chi connectivity index (χ2n) is 6.18. The highest BCUT2D eigenvalue weighted by Gasteiger charge is 2.09. The number of hydrogen-bond acceptors (Lipinski definition) is 5. The fourth-order valence-corrected chi connectivity index (χ4v) is 2.51. The summed E-state index contributed by atoms with van der Waals surface area (Å²) in [5.41, 5.74) is 3.87. The minimum atomic E-state index is -0.272. The van der Waals surface area contributed by atoms with E-state index in [2.05, 4.69) is 15.6 Å². The molecule has 6 nitrogen and oxygen atoms in total. The van der Waals surface area contributed by atoms with E-state index in [1.165, 1.54) is 0 Å². The topological polar surface area (TPSA) is 66.5 Å². The number of ether oxygens (including phenoxy) is 1. The fraction of sp³-hybridized carbons (Fsp3) is 0.143. The maximum atomic E-state index is 12.5. The molecule has 0 bridgehead atoms. The van der Waals surface area contributed by atoms with Crippen molar-refractivity contribution in [1.82, 2.24) is 4.98 Å². The number of pyridine rings is 1. The minimum Gasteiger partial charge on any atom is -0.497 e. The van der Waals surface area contributed by atoms with Crippen molar-refractivity contribution >= 4 is 28.7 Å². The molecule has 0 atom stereocenters. The Labute approximate surface area is 158 Å². The molecule has 138 valence electrons. The molecule has 0 fully saturated rings. The van der Waals surface area contributed by atoms with Gasteiger partial charge in [-0.05, 0) is 60.7 Å². The van der Waals surface area contributed by atoms with E-state index < -0.39 is 0 Å². The van der Waals surface area contributed by atoms with Crippen molar-refractivity contribution in [2.75, 3.05) is 36.7 Å². The zero-order valence-corrected chi connectivity index (χ0v) is 15.6. The SMILES string of the molecule is COc1ccc(NC(=O)c2cc(Nc3ccc(N(C)C)cc3)ccn2)cc1. The van der Waals surface area contributed by atoms with Crippen LogP contribution < -0.4 is 20.3 Å². The molecule has 0 aliphatic heterocycles. The Morgan fingerprint density at radius 3 is 2.22 bits per heavy atom. The molecule has 0 aliphatic carbocycles. The number of carbonyl (C=O) groups excluding carboxylic acids is 1. The van der Waals surface area contributed by atoms with Gasteiger partial charge in [0.25, 0.3) is 5.91 Å². The van der Waals surface area contributed by atoms with Crippen LogP contribution in [-0.4, -0.2) is 32.1 Å². The number of anilines is 4. The van der Waals surface area contributed by atoms with Crippen LogP contribution >= 0.6 is 0 Å². The molecule has 0 saturated carbocycles. The van der Waals surface area contributed by atoms with Crippen molar-refractivity contribution in [2.45, 2.75) is 0 Å². The highest BCUT2D eigenvalue weighted by molar-refractivity contribution is 6.03. The van der Waals surface area contributed by atoms with Crippen molar-refractivity contribution in [2.24, 2.45) is 0 Å². The minimum absolute atomic E-state index is 0.272. The summed E-state index contributed by atoms with van der Waals surface area (Å²) in [7, 11) is 5.60. The Hall–Kier alpha value is -3.54. The lowest BCUT2D eigenvalue weighted by molar-refractivity contribution is 0.102. The van der Waals surface area contributed by atoms with E-state index in [0.717, 1.165) is 22.8 Å². The first kappa shape index (κ1) is 18.3. The third-order valence-electron chi connectivity index (χ3n) is 4.01. The summed E-state index contributed by atoms with van der Waals surface area (Å²) < 4.78 is 5.12. The van der Waals surface area contributed by atoms with Crippen LogP contribution in [0.25, 0.3) is 0 Å². The number of aromatic nitrogens is 1. The van der Waals surface area contributed by atoms with Gasteiger partial charge in [-0.2, -0.15) is 0 Å². The number of benzene rings is 2. The van der Waals surface area contributed by atoms with Gasteiger partial charge in [-0.25, -0.2) is 0 Å². The van der Waals surface area contributed by atoms with Crippen LogP contribution in [0.1, 0.15) is 10.5 Å². The molecule has 27 heavy (non-hydrogen) atoms. The Morgan fingerprint density at radius 1 is 0.926 bits per heavy atom. The first-order valence-corrected chi connectivity index (χ1v) is 8.51. The summed E-state index contributed by atoms with van der Waals surface area (Å²) in [6.07, 6.45) is 1.61. The lowest BCUT2D eigenvalue weighted by atomic mass is 10.2. The van der Waals surface area contributed by atoms with Crippen LogP contribution in [-0.2, 0) is 0 Å². The fourth-order valence-electron chi connectivity index (χ4n) is 2.51. The third-order valence-corrected chi connectivity index (χ3v) is 4.01. The van der Waals surface area contributed by atoms with E-state index in [-0.39, 0.29) is 5.91 Å². The predicted octanol–water partition coefficient (Wildman–Crippen LogP) is 4.15. The van der Waals surface area contributed by atoms with Crippen LogP contribution in [0.5, 0.6) is 5.75 Å². The molecule has 0 radical (unpaired) electrons. The first-order chi connectivity index (χ1) is 13.0. The number of methoxy groups -OCH3 is 1. The average molecular weight is 362 g/mol. The standard InChI is InChI=1S/C21H22N4O2/c1-25(2)18-8-4-15(5-9-18)23-17-12-13-22-20(14-17)21(26)24-16-6-10-19(27-3)11-7-16/h4-14H,1-3H3,(H,22,23)(H,24,26). The summed E-state index contributed by atoms with van der Waals surface area (Å²) in [4.78, 5) is 18.7. The molecule has 3 aromatic rings. The zero-order chi connectivity index (χ0) is 19.2. The Bertz CT molecular complexity index is 906. The molecular weight excluding hydrogens is 340 g/mol. The average Bonchev–Trinajstić information content (AvgIpc) is 2.69. The van der Waals surface area contributed by atoms with Gasteiger partial charge in [0.05, 0.1) is 7.11 Å². The maximum Gasteiger partial charge on any atom is 0.274 e. The van der Waals surface area contributed by atoms with E-state index >= 15 is 0 Å². The van der Waals surface area contributed by atoms with Crippen molar-refractivity contribution < 1.29 is 9.53 Å². The lowest BCUT2D eigenvalue weighted by Gasteiger charge is -2.13. The molecule has 0 unspecified atom stereocenters. The van der Waals surface area contributed by atoms with Crippen LogP contribution in [0.15, 0.2) is 66.9 Å². The number of hydrogen-bond donors (Lipinski definition) is 2. The predicted molar refractivity (Wildman–Crippen MR) is 109 cm³/mol. The zero-order valence-electron chi connectivity index (χ0n) is 15.6. The molecular formula is C21H22N4O2. The van der Waals surface area contributed by atoms with E-state index in [9.17, 15) is 4.79 Å². The summed E-state index contributed by atoms with van der Waals surface area (Å²) in [5, 5.41) is 6.12. The quantitative estimate of drug-likeness (QED) is 0.689. The second kappa shape index (κ2) is 8.23. The largest absolute Gasteiger partial charge is 0.497 e. The van der Waals surface area contributed by atoms with E-state index in [0.29, 0.717) is 11.4 Å². The van der Waals surface area contributed by atoms with Crippen LogP contribution in [0, 0.1) is 0 Å². The van der Waals surface area contributed by atoms with E-state index in [1.807, 2.05) is 49.3 Å². The monoisotopic (exact) mass is 362 g/mol. The molecule has 0 spiro atoms. The van der Waals surface area contributed by atoms with Gasteiger partial charge in [0.1, 0.15) is 11.4 Å². The molecule has 3 rings (SSSR count). The summed E-state index contributed by atoms with van der Waals surface area (Å²) >= 11 is 0. The van der Waals surface area contributed by atoms with Crippen LogP contribution in [0.4, 0.5) is 22.7 Å². The summed E-state index contributed by atoms with van der Waals surface area (Å²) in [6, 6.07) is 18.7. The van der Waals surface area contributed by atoms with E-state index in [1.54, 1.807) is 43.6 Å². The van der Waals surface area contributed by atoms with Gasteiger partial charge in [-0.3, -0.25) is 9.78 Å². The number of nitrogens with one attached hydrogen (secondary N) is 2. The molecule has 2 aromatic carbocycles. The highest BCUT2D eigenvalue weighted by atomic mass is 16.5. The van der Waals surface area contributed by atoms with Crippen molar-refractivity contribution in [1.29, 1.82) is 0 Å². The molecule has 6 heteroatoms. The summed E-state index contributed by atoms with van der Waals surface area (Å²) in [5.74, 6) is 0.462. The first-order valence-electron chi connectivity index (χ1n) is 8.51. The van der Waals surface area contributed by atoms with Gasteiger partial charge in [-0.15, -0.1) is 0 Å². The Morgan fingerprint density at radius 2 is 1.59 bits per heavy atom. The second-order valence-corrected chi connectivity index (χ2v) is 6.18. The van der Waals surface area contributed by atoms with Crippen molar-refractivity contribution in [3.8, 4) is 5.75 Å². The van der Waals surface area contributed by atoms with Gasteiger partial charge in [0.2, 0.25) is 0 Å². The van der Waals surface area contributed by atoms with Crippen LogP contribution in [0.2, 0.25) is 0 Å². The molecule has 0 aliphatic rings. The number of amides is 1. The van der Waals surface area contributed by atoms with Gasteiger partial charge >= 0.3 is 0 Å². The van der Waals surface area contributed by atoms with Crippen molar-refractivity contribution in [3.05, 3.63) is 72.6 Å². The van der Waals surface area contributed by atoms with Gasteiger partial charge in [-0.1, -0.05) is 0 Å².